The van der Waals surface area contributed by atoms with Crippen LogP contribution in [0.25, 0.3) is 10.9 Å². The van der Waals surface area contributed by atoms with Gasteiger partial charge in [-0.15, -0.1) is 0 Å². The molecule has 0 spiro atoms. The number of fused-ring (bicyclic) bond motifs is 1. The van der Waals surface area contributed by atoms with Gasteiger partial charge in [-0.1, -0.05) is 20.8 Å². The van der Waals surface area contributed by atoms with Crippen LogP contribution in [0, 0.1) is 0 Å². The maximum absolute atomic E-state index is 13.1. The van der Waals surface area contributed by atoms with Gasteiger partial charge in [0.2, 0.25) is 0 Å². The third-order valence-electron chi connectivity index (χ3n) is 4.01. The average Bonchev–Trinajstić information content (AvgIpc) is 2.61. The van der Waals surface area contributed by atoms with Crippen molar-refractivity contribution < 1.29 is 17.9 Å². The van der Waals surface area contributed by atoms with Gasteiger partial charge >= 0.3 is 6.18 Å². The normalized spacial score (nSPS) is 21.0. The van der Waals surface area contributed by atoms with E-state index in [9.17, 15) is 13.2 Å². The summed E-state index contributed by atoms with van der Waals surface area (Å²) in [7, 11) is 0. The summed E-state index contributed by atoms with van der Waals surface area (Å²) >= 11 is 0. The van der Waals surface area contributed by atoms with E-state index in [2.05, 4.69) is 9.97 Å². The van der Waals surface area contributed by atoms with E-state index in [1.54, 1.807) is 12.1 Å². The summed E-state index contributed by atoms with van der Waals surface area (Å²) in [6.45, 7) is 9.25. The molecule has 7 heteroatoms. The lowest BCUT2D eigenvalue weighted by Gasteiger charge is -2.38. The average molecular weight is 355 g/mol. The van der Waals surface area contributed by atoms with E-state index in [0.29, 0.717) is 24.2 Å². The molecule has 0 saturated carbocycles. The molecule has 0 radical (unpaired) electrons. The Bertz CT molecular complexity index is 706. The fourth-order valence-corrected chi connectivity index (χ4v) is 2.98. The summed E-state index contributed by atoms with van der Waals surface area (Å²) in [5, 5.41) is 0.471. The summed E-state index contributed by atoms with van der Waals surface area (Å²) in [6.07, 6.45) is -0.923. The van der Waals surface area contributed by atoms with Crippen LogP contribution in [-0.2, 0) is 10.9 Å². The maximum Gasteiger partial charge on any atom is 0.435 e. The summed E-state index contributed by atoms with van der Waals surface area (Å²) < 4.78 is 45.2. The number of morpholine rings is 1. The molecule has 0 N–H and O–H groups in total. The summed E-state index contributed by atoms with van der Waals surface area (Å²) in [5.41, 5.74) is -0.371. The number of aromatic nitrogens is 2. The van der Waals surface area contributed by atoms with Gasteiger partial charge in [0.1, 0.15) is 5.52 Å². The molecule has 4 nitrogen and oxygen atoms in total. The molecule has 2 aromatic rings. The van der Waals surface area contributed by atoms with E-state index >= 15 is 0 Å². The van der Waals surface area contributed by atoms with Crippen molar-refractivity contribution in [3.05, 3.63) is 30.2 Å². The monoisotopic (exact) mass is 355 g/mol. The number of rotatable bonds is 2. The van der Waals surface area contributed by atoms with Crippen molar-refractivity contribution in [2.24, 2.45) is 0 Å². The zero-order chi connectivity index (χ0) is 18.6. The van der Waals surface area contributed by atoms with E-state index in [0.717, 1.165) is 6.42 Å². The standard InChI is InChI=1S/C16H18F3N3O.C2H6/c1-3-11-9-22(8-10(2)23-11)13-7-21-15(16(17,18)19)14-12(13)5-4-6-20-14;1-2/h4-7,10-11H,3,8-9H2,1-2H3;1-2H3. The number of halogens is 3. The molecule has 2 atom stereocenters. The summed E-state index contributed by atoms with van der Waals surface area (Å²) in [4.78, 5) is 9.62. The molecule has 3 rings (SSSR count). The second kappa shape index (κ2) is 7.99. The van der Waals surface area contributed by atoms with Gasteiger partial charge in [-0.05, 0) is 25.5 Å². The molecule has 25 heavy (non-hydrogen) atoms. The highest BCUT2D eigenvalue weighted by Crippen LogP contribution is 2.36. The van der Waals surface area contributed by atoms with E-state index in [-0.39, 0.29) is 17.7 Å². The third-order valence-corrected chi connectivity index (χ3v) is 4.01. The molecule has 2 aromatic heterocycles. The Morgan fingerprint density at radius 1 is 1.24 bits per heavy atom. The van der Waals surface area contributed by atoms with E-state index < -0.39 is 11.9 Å². The number of nitrogens with zero attached hydrogens (tertiary/aromatic N) is 3. The van der Waals surface area contributed by atoms with Crippen molar-refractivity contribution in [3.63, 3.8) is 0 Å². The Hall–Kier alpha value is -1.89. The van der Waals surface area contributed by atoms with Gasteiger partial charge in [0.15, 0.2) is 5.69 Å². The highest BCUT2D eigenvalue weighted by atomic mass is 19.4. The number of alkyl halides is 3. The number of hydrogen-bond acceptors (Lipinski definition) is 4. The van der Waals surface area contributed by atoms with Gasteiger partial charge in [-0.3, -0.25) is 4.98 Å². The van der Waals surface area contributed by atoms with E-state index in [1.807, 2.05) is 32.6 Å². The predicted molar refractivity (Wildman–Crippen MR) is 92.7 cm³/mol. The van der Waals surface area contributed by atoms with E-state index in [1.165, 1.54) is 12.4 Å². The molecule has 1 fully saturated rings. The molecule has 3 heterocycles. The zero-order valence-corrected chi connectivity index (χ0v) is 15.0. The highest BCUT2D eigenvalue weighted by molar-refractivity contribution is 5.92. The Morgan fingerprint density at radius 2 is 1.96 bits per heavy atom. The van der Waals surface area contributed by atoms with Crippen LogP contribution in [0.5, 0.6) is 0 Å². The quantitative estimate of drug-likeness (QED) is 0.784. The van der Waals surface area contributed by atoms with Crippen LogP contribution in [-0.4, -0.2) is 35.3 Å². The van der Waals surface area contributed by atoms with Crippen LogP contribution in [0.15, 0.2) is 24.5 Å². The molecular formula is C18H24F3N3O. The van der Waals surface area contributed by atoms with Crippen molar-refractivity contribution in [2.75, 3.05) is 18.0 Å². The minimum atomic E-state index is -4.52. The lowest BCUT2D eigenvalue weighted by molar-refractivity contribution is -0.139. The minimum Gasteiger partial charge on any atom is -0.372 e. The molecule has 1 saturated heterocycles. The Kier molecular flexibility index (Phi) is 6.21. The second-order valence-corrected chi connectivity index (χ2v) is 5.77. The van der Waals surface area contributed by atoms with Crippen LogP contribution < -0.4 is 4.90 Å². The molecule has 2 unspecified atom stereocenters. The van der Waals surface area contributed by atoms with E-state index in [4.69, 9.17) is 4.74 Å². The number of anilines is 1. The topological polar surface area (TPSA) is 38.2 Å². The predicted octanol–water partition coefficient (Wildman–Crippen LogP) is 4.68. The molecule has 1 aliphatic heterocycles. The largest absolute Gasteiger partial charge is 0.435 e. The van der Waals surface area contributed by atoms with Crippen molar-refractivity contribution in [2.45, 2.75) is 52.5 Å². The molecule has 138 valence electrons. The summed E-state index contributed by atoms with van der Waals surface area (Å²) in [6, 6.07) is 3.31. The van der Waals surface area contributed by atoms with Gasteiger partial charge in [-0.2, -0.15) is 13.2 Å². The molecular weight excluding hydrogens is 331 g/mol. The van der Waals surface area contributed by atoms with Crippen LogP contribution in [0.2, 0.25) is 0 Å². The van der Waals surface area contributed by atoms with Crippen LogP contribution in [0.1, 0.15) is 39.8 Å². The Balaban J connectivity index is 0.00000109. The van der Waals surface area contributed by atoms with Gasteiger partial charge in [-0.25, -0.2) is 4.98 Å². The van der Waals surface area contributed by atoms with Crippen LogP contribution >= 0.6 is 0 Å². The van der Waals surface area contributed by atoms with Crippen LogP contribution in [0.3, 0.4) is 0 Å². The number of pyridine rings is 2. The fraction of sp³-hybridized carbons (Fsp3) is 0.556. The first-order valence-electron chi connectivity index (χ1n) is 8.61. The lowest BCUT2D eigenvalue weighted by atomic mass is 10.1. The highest BCUT2D eigenvalue weighted by Gasteiger charge is 2.36. The van der Waals surface area contributed by atoms with Crippen molar-refractivity contribution in [1.82, 2.24) is 9.97 Å². The molecule has 0 amide bonds. The van der Waals surface area contributed by atoms with Gasteiger partial charge in [0, 0.05) is 24.7 Å². The fourth-order valence-electron chi connectivity index (χ4n) is 2.98. The number of hydrogen-bond donors (Lipinski definition) is 0. The smallest absolute Gasteiger partial charge is 0.372 e. The van der Waals surface area contributed by atoms with Crippen molar-refractivity contribution >= 4 is 16.6 Å². The second-order valence-electron chi connectivity index (χ2n) is 5.77. The van der Waals surface area contributed by atoms with Gasteiger partial charge in [0.25, 0.3) is 0 Å². The van der Waals surface area contributed by atoms with Crippen molar-refractivity contribution in [3.8, 4) is 0 Å². The molecule has 0 aliphatic carbocycles. The summed E-state index contributed by atoms with van der Waals surface area (Å²) in [5.74, 6) is 0. The zero-order valence-electron chi connectivity index (χ0n) is 15.0. The first-order chi connectivity index (χ1) is 11.9. The molecule has 1 aliphatic rings. The first kappa shape index (κ1) is 19.4. The van der Waals surface area contributed by atoms with Crippen LogP contribution in [0.4, 0.5) is 18.9 Å². The van der Waals surface area contributed by atoms with Gasteiger partial charge < -0.3 is 9.64 Å². The minimum absolute atomic E-state index is 0.0164. The van der Waals surface area contributed by atoms with Crippen molar-refractivity contribution in [1.29, 1.82) is 0 Å². The Labute approximate surface area is 146 Å². The molecule has 0 bridgehead atoms. The number of ether oxygens (including phenoxy) is 1. The van der Waals surface area contributed by atoms with Gasteiger partial charge in [0.05, 0.1) is 24.1 Å². The first-order valence-corrected chi connectivity index (χ1v) is 8.61. The third kappa shape index (κ3) is 4.21. The molecule has 0 aromatic carbocycles. The lowest BCUT2D eigenvalue weighted by Crippen LogP contribution is -2.46. The SMILES string of the molecule is CC.CCC1CN(c2cnc(C(F)(F)F)c3ncccc23)CC(C)O1. The maximum atomic E-state index is 13.1. The Morgan fingerprint density at radius 3 is 2.60 bits per heavy atom.